The lowest BCUT2D eigenvalue weighted by Gasteiger charge is -2.09. The van der Waals surface area contributed by atoms with Gasteiger partial charge in [-0.25, -0.2) is 4.39 Å². The van der Waals surface area contributed by atoms with Crippen molar-refractivity contribution in [3.8, 4) is 11.8 Å². The normalized spacial score (nSPS) is 11.5. The van der Waals surface area contributed by atoms with Crippen molar-refractivity contribution >= 4 is 17.7 Å². The number of hydrogen-bond donors (Lipinski definition) is 1. The van der Waals surface area contributed by atoms with Crippen LogP contribution in [0, 0.1) is 17.1 Å². The molecule has 0 bridgehead atoms. The van der Waals surface area contributed by atoms with Crippen LogP contribution < -0.4 is 10.1 Å². The molecular weight excluding hydrogens is 424 g/mol. The number of carbonyl (C=O) groups is 1. The second-order valence-electron chi connectivity index (χ2n) is 6.65. The number of alkyl halides is 3. The molecule has 0 saturated carbocycles. The molecule has 4 nitrogen and oxygen atoms in total. The fourth-order valence-electron chi connectivity index (χ4n) is 2.72. The highest BCUT2D eigenvalue weighted by Gasteiger charge is 2.30. The predicted octanol–water partition coefficient (Wildman–Crippen LogP) is 5.97. The molecule has 0 spiro atoms. The molecule has 0 unspecified atom stereocenters. The van der Waals surface area contributed by atoms with Gasteiger partial charge >= 0.3 is 6.18 Å². The minimum atomic E-state index is -4.55. The van der Waals surface area contributed by atoms with Crippen molar-refractivity contribution in [2.75, 3.05) is 5.32 Å². The third-order valence-corrected chi connectivity index (χ3v) is 4.36. The molecule has 162 valence electrons. The molecule has 0 heterocycles. The van der Waals surface area contributed by atoms with Crippen LogP contribution in [0.15, 0.2) is 78.4 Å². The van der Waals surface area contributed by atoms with Crippen LogP contribution in [0.3, 0.4) is 0 Å². The lowest BCUT2D eigenvalue weighted by molar-refractivity contribution is -0.137. The Hall–Kier alpha value is -4.12. The lowest BCUT2D eigenvalue weighted by atomic mass is 10.1. The Bertz CT molecular complexity index is 1180. The number of halogens is 4. The van der Waals surface area contributed by atoms with E-state index in [1.807, 2.05) is 0 Å². The van der Waals surface area contributed by atoms with Gasteiger partial charge in [-0.2, -0.15) is 18.4 Å². The molecule has 3 aromatic rings. The van der Waals surface area contributed by atoms with E-state index in [1.165, 1.54) is 18.2 Å². The summed E-state index contributed by atoms with van der Waals surface area (Å²) in [5.41, 5.74) is -0.387. The van der Waals surface area contributed by atoms with Crippen molar-refractivity contribution in [2.24, 2.45) is 0 Å². The fourth-order valence-corrected chi connectivity index (χ4v) is 2.72. The Kier molecular flexibility index (Phi) is 6.90. The van der Waals surface area contributed by atoms with E-state index < -0.39 is 17.6 Å². The summed E-state index contributed by atoms with van der Waals surface area (Å²) in [7, 11) is 0. The Labute approximate surface area is 181 Å². The third kappa shape index (κ3) is 5.95. The van der Waals surface area contributed by atoms with Crippen LogP contribution in [-0.4, -0.2) is 5.91 Å². The molecule has 32 heavy (non-hydrogen) atoms. The third-order valence-electron chi connectivity index (χ3n) is 4.36. The topological polar surface area (TPSA) is 62.1 Å². The van der Waals surface area contributed by atoms with Crippen LogP contribution in [0.5, 0.6) is 5.75 Å². The van der Waals surface area contributed by atoms with E-state index in [0.29, 0.717) is 16.9 Å². The van der Waals surface area contributed by atoms with Crippen LogP contribution in [0.25, 0.3) is 6.08 Å². The number of nitrogens with one attached hydrogen (secondary N) is 1. The van der Waals surface area contributed by atoms with E-state index in [0.717, 1.165) is 18.2 Å². The number of rotatable bonds is 6. The van der Waals surface area contributed by atoms with Crippen LogP contribution in [0.4, 0.5) is 23.2 Å². The summed E-state index contributed by atoms with van der Waals surface area (Å²) in [6, 6.07) is 18.4. The van der Waals surface area contributed by atoms with Gasteiger partial charge in [-0.05, 0) is 48.0 Å². The van der Waals surface area contributed by atoms with Gasteiger partial charge in [0.2, 0.25) is 0 Å². The predicted molar refractivity (Wildman–Crippen MR) is 111 cm³/mol. The Balaban J connectivity index is 1.67. The molecule has 1 amide bonds. The van der Waals surface area contributed by atoms with Crippen LogP contribution in [0.2, 0.25) is 0 Å². The monoisotopic (exact) mass is 440 g/mol. The molecule has 0 radical (unpaired) electrons. The number of nitriles is 1. The highest BCUT2D eigenvalue weighted by Crippen LogP contribution is 2.30. The fraction of sp³-hybridized carbons (Fsp3) is 0.0833. The molecule has 0 atom stereocenters. The number of ether oxygens (including phenoxy) is 1. The quantitative estimate of drug-likeness (QED) is 0.292. The second kappa shape index (κ2) is 9.79. The first-order valence-corrected chi connectivity index (χ1v) is 9.33. The number of amides is 1. The van der Waals surface area contributed by atoms with E-state index in [9.17, 15) is 27.6 Å². The van der Waals surface area contributed by atoms with Gasteiger partial charge in [0.1, 0.15) is 29.8 Å². The van der Waals surface area contributed by atoms with Gasteiger partial charge < -0.3 is 10.1 Å². The van der Waals surface area contributed by atoms with Crippen molar-refractivity contribution in [2.45, 2.75) is 12.8 Å². The standard InChI is InChI=1S/C24H16F4N2O2/c25-22-7-2-1-4-17(22)15-32-21-10-8-16(9-11-21)12-18(14-29)23(31)30-20-6-3-5-19(13-20)24(26,27)28/h1-13H,15H2,(H,30,31)/b18-12+. The number of benzene rings is 3. The van der Waals surface area contributed by atoms with Crippen LogP contribution in [0.1, 0.15) is 16.7 Å². The first-order valence-electron chi connectivity index (χ1n) is 9.33. The molecule has 0 saturated heterocycles. The van der Waals surface area contributed by atoms with Crippen molar-refractivity contribution < 1.29 is 27.1 Å². The average Bonchev–Trinajstić information content (AvgIpc) is 2.77. The maximum absolute atomic E-state index is 13.6. The second-order valence-corrected chi connectivity index (χ2v) is 6.65. The van der Waals surface area contributed by atoms with Crippen molar-refractivity contribution in [3.05, 3.63) is 101 Å². The molecule has 3 aromatic carbocycles. The van der Waals surface area contributed by atoms with E-state index in [-0.39, 0.29) is 23.7 Å². The lowest BCUT2D eigenvalue weighted by Crippen LogP contribution is -2.14. The number of carbonyl (C=O) groups excluding carboxylic acids is 1. The summed E-state index contributed by atoms with van der Waals surface area (Å²) in [5, 5.41) is 11.6. The van der Waals surface area contributed by atoms with Gasteiger partial charge in [-0.1, -0.05) is 36.4 Å². The number of nitrogens with zero attached hydrogens (tertiary/aromatic N) is 1. The molecule has 0 aliphatic rings. The zero-order valence-electron chi connectivity index (χ0n) is 16.5. The molecule has 8 heteroatoms. The summed E-state index contributed by atoms with van der Waals surface area (Å²) in [4.78, 5) is 12.3. The molecule has 1 N–H and O–H groups in total. The van der Waals surface area contributed by atoms with Gasteiger partial charge in [0.15, 0.2) is 0 Å². The van der Waals surface area contributed by atoms with E-state index in [4.69, 9.17) is 4.74 Å². The van der Waals surface area contributed by atoms with Crippen LogP contribution in [-0.2, 0) is 17.6 Å². The van der Waals surface area contributed by atoms with Gasteiger partial charge in [-0.3, -0.25) is 4.79 Å². The first kappa shape index (κ1) is 22.6. The molecule has 0 aromatic heterocycles. The Morgan fingerprint density at radius 3 is 2.41 bits per heavy atom. The molecule has 0 aliphatic heterocycles. The highest BCUT2D eigenvalue weighted by atomic mass is 19.4. The SMILES string of the molecule is N#C/C(=C\c1ccc(OCc2ccccc2F)cc1)C(=O)Nc1cccc(C(F)(F)F)c1. The minimum Gasteiger partial charge on any atom is -0.489 e. The summed E-state index contributed by atoms with van der Waals surface area (Å²) >= 11 is 0. The zero-order valence-corrected chi connectivity index (χ0v) is 16.5. The van der Waals surface area contributed by atoms with Gasteiger partial charge in [-0.15, -0.1) is 0 Å². The van der Waals surface area contributed by atoms with E-state index in [2.05, 4.69) is 5.32 Å². The maximum Gasteiger partial charge on any atom is 0.416 e. The summed E-state index contributed by atoms with van der Waals surface area (Å²) < 4.78 is 57.6. The van der Waals surface area contributed by atoms with Gasteiger partial charge in [0.25, 0.3) is 5.91 Å². The zero-order chi connectivity index (χ0) is 23.1. The highest BCUT2D eigenvalue weighted by molar-refractivity contribution is 6.09. The van der Waals surface area contributed by atoms with E-state index in [1.54, 1.807) is 48.5 Å². The van der Waals surface area contributed by atoms with Crippen molar-refractivity contribution in [3.63, 3.8) is 0 Å². The van der Waals surface area contributed by atoms with Crippen molar-refractivity contribution in [1.29, 1.82) is 5.26 Å². The molecule has 0 aliphatic carbocycles. The van der Waals surface area contributed by atoms with E-state index >= 15 is 0 Å². The van der Waals surface area contributed by atoms with Crippen LogP contribution >= 0.6 is 0 Å². The number of hydrogen-bond acceptors (Lipinski definition) is 3. The maximum atomic E-state index is 13.6. The molecule has 3 rings (SSSR count). The minimum absolute atomic E-state index is 0.0324. The average molecular weight is 440 g/mol. The first-order chi connectivity index (χ1) is 15.3. The largest absolute Gasteiger partial charge is 0.489 e. The summed E-state index contributed by atoms with van der Waals surface area (Å²) in [6.07, 6.45) is -3.26. The smallest absolute Gasteiger partial charge is 0.416 e. The molecular formula is C24H16F4N2O2. The van der Waals surface area contributed by atoms with Gasteiger partial charge in [0.05, 0.1) is 5.56 Å². The number of anilines is 1. The van der Waals surface area contributed by atoms with Crippen molar-refractivity contribution in [1.82, 2.24) is 0 Å². The molecule has 0 fully saturated rings. The van der Waals surface area contributed by atoms with Gasteiger partial charge in [0, 0.05) is 11.3 Å². The summed E-state index contributed by atoms with van der Waals surface area (Å²) in [6.45, 7) is 0.0324. The Morgan fingerprint density at radius 2 is 1.75 bits per heavy atom. The summed E-state index contributed by atoms with van der Waals surface area (Å²) in [5.74, 6) is -0.762. The Morgan fingerprint density at radius 1 is 1.03 bits per heavy atom.